The Morgan fingerprint density at radius 1 is 1.29 bits per heavy atom. The number of halogens is 1. The van der Waals surface area contributed by atoms with Gasteiger partial charge in [-0.2, -0.15) is 0 Å². The van der Waals surface area contributed by atoms with Crippen molar-refractivity contribution < 1.29 is 9.31 Å². The van der Waals surface area contributed by atoms with E-state index in [-0.39, 0.29) is 17.5 Å². The molecule has 1 aromatic heterocycles. The zero-order valence-corrected chi connectivity index (χ0v) is 12.1. The average Bonchev–Trinajstić information content (AvgIpc) is 2.41. The number of rotatable bonds is 4. The lowest BCUT2D eigenvalue weighted by molar-refractivity contribution is -0.385. The van der Waals surface area contributed by atoms with Crippen molar-refractivity contribution in [2.24, 2.45) is 0 Å². The summed E-state index contributed by atoms with van der Waals surface area (Å²) in [4.78, 5) is 14.4. The number of aromatic nitrogens is 1. The van der Waals surface area contributed by atoms with E-state index >= 15 is 0 Å². The first-order chi connectivity index (χ1) is 9.88. The lowest BCUT2D eigenvalue weighted by Crippen LogP contribution is -2.09. The zero-order chi connectivity index (χ0) is 15.6. The molecule has 0 amide bonds. The third kappa shape index (κ3) is 3.34. The fourth-order valence-electron chi connectivity index (χ4n) is 2.01. The monoisotopic (exact) mass is 289 g/mol. The smallest absolute Gasteiger partial charge is 0.290 e. The molecule has 0 aliphatic carbocycles. The number of aryl methyl sites for hydroxylation is 2. The van der Waals surface area contributed by atoms with Crippen LogP contribution in [0.15, 0.2) is 30.3 Å². The van der Waals surface area contributed by atoms with Crippen molar-refractivity contribution in [2.45, 2.75) is 26.8 Å². The molecule has 1 aromatic carbocycles. The molecule has 1 atom stereocenters. The molecule has 2 aromatic rings. The maximum atomic E-state index is 13.6. The highest BCUT2D eigenvalue weighted by molar-refractivity contribution is 5.46. The summed E-state index contributed by atoms with van der Waals surface area (Å²) in [7, 11) is 0. The molecule has 1 N–H and O–H groups in total. The molecule has 0 bridgehead atoms. The van der Waals surface area contributed by atoms with Crippen molar-refractivity contribution >= 4 is 11.5 Å². The summed E-state index contributed by atoms with van der Waals surface area (Å²) in [5, 5.41) is 13.9. The van der Waals surface area contributed by atoms with Crippen molar-refractivity contribution in [3.8, 4) is 0 Å². The number of pyridine rings is 1. The van der Waals surface area contributed by atoms with Gasteiger partial charge in [-0.15, -0.1) is 0 Å². The third-order valence-electron chi connectivity index (χ3n) is 3.31. The van der Waals surface area contributed by atoms with E-state index in [1.54, 1.807) is 26.0 Å². The lowest BCUT2D eigenvalue weighted by atomic mass is 10.1. The van der Waals surface area contributed by atoms with Gasteiger partial charge in [-0.25, -0.2) is 9.37 Å². The molecule has 0 spiro atoms. The first-order valence-corrected chi connectivity index (χ1v) is 6.53. The van der Waals surface area contributed by atoms with Gasteiger partial charge < -0.3 is 5.32 Å². The van der Waals surface area contributed by atoms with Crippen LogP contribution in [0.5, 0.6) is 0 Å². The Bertz CT molecular complexity index is 689. The Hall–Kier alpha value is -2.50. The topological polar surface area (TPSA) is 68.1 Å². The van der Waals surface area contributed by atoms with E-state index in [2.05, 4.69) is 10.3 Å². The van der Waals surface area contributed by atoms with Crippen LogP contribution in [-0.4, -0.2) is 9.91 Å². The molecule has 0 aliphatic heterocycles. The van der Waals surface area contributed by atoms with Crippen LogP contribution in [0.4, 0.5) is 15.9 Å². The number of anilines is 1. The summed E-state index contributed by atoms with van der Waals surface area (Å²) in [6, 6.07) is 7.84. The summed E-state index contributed by atoms with van der Waals surface area (Å²) in [6.45, 7) is 5.17. The van der Waals surface area contributed by atoms with Crippen molar-refractivity contribution in [3.63, 3.8) is 0 Å². The summed E-state index contributed by atoms with van der Waals surface area (Å²) in [6.07, 6.45) is 0. The Labute approximate surface area is 122 Å². The van der Waals surface area contributed by atoms with E-state index in [0.717, 1.165) is 5.56 Å². The van der Waals surface area contributed by atoms with Crippen LogP contribution in [0, 0.1) is 29.8 Å². The molecule has 0 aliphatic rings. The minimum Gasteiger partial charge on any atom is -0.364 e. The van der Waals surface area contributed by atoms with E-state index in [4.69, 9.17) is 0 Å². The third-order valence-corrected chi connectivity index (χ3v) is 3.31. The van der Waals surface area contributed by atoms with Crippen molar-refractivity contribution in [1.82, 2.24) is 4.98 Å². The molecule has 6 heteroatoms. The molecule has 2 rings (SSSR count). The van der Waals surface area contributed by atoms with E-state index in [1.165, 1.54) is 12.1 Å². The highest BCUT2D eigenvalue weighted by atomic mass is 19.1. The van der Waals surface area contributed by atoms with Gasteiger partial charge in [0.05, 0.1) is 11.0 Å². The van der Waals surface area contributed by atoms with E-state index in [0.29, 0.717) is 17.1 Å². The molecule has 0 saturated carbocycles. The first kappa shape index (κ1) is 14.9. The van der Waals surface area contributed by atoms with Crippen LogP contribution < -0.4 is 5.32 Å². The second kappa shape index (κ2) is 5.87. The van der Waals surface area contributed by atoms with Crippen molar-refractivity contribution in [3.05, 3.63) is 63.1 Å². The fourth-order valence-corrected chi connectivity index (χ4v) is 2.01. The van der Waals surface area contributed by atoms with Gasteiger partial charge in [0.1, 0.15) is 17.3 Å². The highest BCUT2D eigenvalue weighted by Gasteiger charge is 2.13. The molecular formula is C15H16FN3O2. The standard InChI is InChI=1S/C15H16FN3O2/c1-9-4-5-12(8-13(9)16)10(2)17-15-7-6-14(19(20)21)11(3)18-15/h4-8,10H,1-3H3,(H,17,18). The average molecular weight is 289 g/mol. The molecule has 0 saturated heterocycles. The van der Waals surface area contributed by atoms with Gasteiger partial charge >= 0.3 is 0 Å². The number of nitrogens with zero attached hydrogens (tertiary/aromatic N) is 2. The second-order valence-electron chi connectivity index (χ2n) is 4.93. The zero-order valence-electron chi connectivity index (χ0n) is 12.1. The van der Waals surface area contributed by atoms with Crippen LogP contribution in [-0.2, 0) is 0 Å². The fraction of sp³-hybridized carbons (Fsp3) is 0.267. The van der Waals surface area contributed by atoms with Crippen molar-refractivity contribution in [1.29, 1.82) is 0 Å². The normalized spacial score (nSPS) is 12.0. The number of nitro groups is 1. The summed E-state index contributed by atoms with van der Waals surface area (Å²) in [5.41, 5.74) is 1.70. The summed E-state index contributed by atoms with van der Waals surface area (Å²) < 4.78 is 13.6. The molecule has 110 valence electrons. The van der Waals surface area contributed by atoms with Crippen LogP contribution in [0.1, 0.15) is 29.8 Å². The van der Waals surface area contributed by atoms with E-state index in [1.807, 2.05) is 13.0 Å². The van der Waals surface area contributed by atoms with Crippen LogP contribution in [0.25, 0.3) is 0 Å². The van der Waals surface area contributed by atoms with Crippen molar-refractivity contribution in [2.75, 3.05) is 5.32 Å². The molecule has 1 heterocycles. The number of hydrogen-bond acceptors (Lipinski definition) is 4. The summed E-state index contributed by atoms with van der Waals surface area (Å²) >= 11 is 0. The number of benzene rings is 1. The molecule has 0 fully saturated rings. The molecule has 21 heavy (non-hydrogen) atoms. The maximum Gasteiger partial charge on any atom is 0.290 e. The van der Waals surface area contributed by atoms with Gasteiger partial charge in [-0.3, -0.25) is 10.1 Å². The minimum absolute atomic E-state index is 0.0189. The minimum atomic E-state index is -0.467. The van der Waals surface area contributed by atoms with Crippen LogP contribution >= 0.6 is 0 Å². The number of nitrogens with one attached hydrogen (secondary N) is 1. The molecule has 1 unspecified atom stereocenters. The summed E-state index contributed by atoms with van der Waals surface area (Å²) in [5.74, 6) is 0.264. The Balaban J connectivity index is 2.19. The SMILES string of the molecule is Cc1ccc(C(C)Nc2ccc([N+](=O)[O-])c(C)n2)cc1F. The Kier molecular flexibility index (Phi) is 4.16. The Morgan fingerprint density at radius 3 is 2.57 bits per heavy atom. The molecular weight excluding hydrogens is 273 g/mol. The Morgan fingerprint density at radius 2 is 2.00 bits per heavy atom. The van der Waals surface area contributed by atoms with Gasteiger partial charge in [-0.1, -0.05) is 12.1 Å². The van der Waals surface area contributed by atoms with E-state index < -0.39 is 4.92 Å². The predicted molar refractivity (Wildman–Crippen MR) is 78.8 cm³/mol. The van der Waals surface area contributed by atoms with Gasteiger partial charge in [-0.05, 0) is 44.0 Å². The quantitative estimate of drug-likeness (QED) is 0.684. The van der Waals surface area contributed by atoms with Gasteiger partial charge in [0.25, 0.3) is 5.69 Å². The van der Waals surface area contributed by atoms with Crippen LogP contribution in [0.2, 0.25) is 0 Å². The van der Waals surface area contributed by atoms with E-state index in [9.17, 15) is 14.5 Å². The second-order valence-corrected chi connectivity index (χ2v) is 4.93. The molecule has 0 radical (unpaired) electrons. The first-order valence-electron chi connectivity index (χ1n) is 6.53. The highest BCUT2D eigenvalue weighted by Crippen LogP contribution is 2.23. The lowest BCUT2D eigenvalue weighted by Gasteiger charge is -2.15. The molecule has 5 nitrogen and oxygen atoms in total. The maximum absolute atomic E-state index is 13.6. The number of hydrogen-bond donors (Lipinski definition) is 1. The predicted octanol–water partition coefficient (Wildman–Crippen LogP) is 3.92. The van der Waals surface area contributed by atoms with Crippen LogP contribution in [0.3, 0.4) is 0 Å². The van der Waals surface area contributed by atoms with Gasteiger partial charge in [0.15, 0.2) is 0 Å². The van der Waals surface area contributed by atoms with Gasteiger partial charge in [0.2, 0.25) is 0 Å². The largest absolute Gasteiger partial charge is 0.364 e. The van der Waals surface area contributed by atoms with Gasteiger partial charge in [0, 0.05) is 6.07 Å².